The van der Waals surface area contributed by atoms with Crippen molar-refractivity contribution < 1.29 is 22.3 Å². The predicted molar refractivity (Wildman–Crippen MR) is 105 cm³/mol. The van der Waals surface area contributed by atoms with E-state index in [-0.39, 0.29) is 28.2 Å². The van der Waals surface area contributed by atoms with E-state index in [1.165, 1.54) is 42.7 Å². The van der Waals surface area contributed by atoms with Crippen molar-refractivity contribution in [2.45, 2.75) is 4.90 Å². The molecule has 0 saturated carbocycles. The number of halogens is 2. The molecule has 8 nitrogen and oxygen atoms in total. The first-order valence-electron chi connectivity index (χ1n) is 8.11. The van der Waals surface area contributed by atoms with Gasteiger partial charge < -0.3 is 10.1 Å². The molecule has 1 heterocycles. The number of carbonyl (C=O) groups excluding carboxylic acids is 1. The van der Waals surface area contributed by atoms with Crippen LogP contribution in [0.2, 0.25) is 5.02 Å². The highest BCUT2D eigenvalue weighted by molar-refractivity contribution is 7.92. The molecule has 1 aromatic heterocycles. The van der Waals surface area contributed by atoms with Crippen molar-refractivity contribution in [2.24, 2.45) is 0 Å². The molecule has 0 saturated heterocycles. The molecule has 0 radical (unpaired) electrons. The van der Waals surface area contributed by atoms with Gasteiger partial charge in [0.15, 0.2) is 6.61 Å². The zero-order chi connectivity index (χ0) is 20.9. The fourth-order valence-electron chi connectivity index (χ4n) is 2.18. The topological polar surface area (TPSA) is 110 Å². The van der Waals surface area contributed by atoms with Gasteiger partial charge in [0.1, 0.15) is 11.6 Å². The molecule has 11 heteroatoms. The van der Waals surface area contributed by atoms with Crippen LogP contribution in [0.4, 0.5) is 16.0 Å². The minimum Gasteiger partial charge on any atom is -0.482 e. The third kappa shape index (κ3) is 5.62. The first-order chi connectivity index (χ1) is 13.8. The molecular formula is C18H14ClFN4O4S. The highest BCUT2D eigenvalue weighted by atomic mass is 35.5. The average Bonchev–Trinajstić information content (AvgIpc) is 2.68. The quantitative estimate of drug-likeness (QED) is 0.589. The number of carbonyl (C=O) groups is 1. The third-order valence-corrected chi connectivity index (χ3v) is 5.13. The standard InChI is InChI=1S/C18H14ClFN4O4S/c19-15-10-12(20)2-7-16(15)28-11-17(25)23-13-3-5-14(6-4-13)29(26,27)24-18-21-8-1-9-22-18/h1-10H,11H2,(H,23,25)(H,21,22,24). The summed E-state index contributed by atoms with van der Waals surface area (Å²) < 4.78 is 45.1. The third-order valence-electron chi connectivity index (χ3n) is 3.49. The van der Waals surface area contributed by atoms with Gasteiger partial charge in [0.05, 0.1) is 9.92 Å². The van der Waals surface area contributed by atoms with Crippen molar-refractivity contribution in [1.29, 1.82) is 0 Å². The van der Waals surface area contributed by atoms with Gasteiger partial charge in [-0.05, 0) is 48.5 Å². The van der Waals surface area contributed by atoms with Crippen molar-refractivity contribution in [3.05, 3.63) is 71.8 Å². The highest BCUT2D eigenvalue weighted by Gasteiger charge is 2.15. The van der Waals surface area contributed by atoms with E-state index < -0.39 is 21.7 Å². The molecule has 0 unspecified atom stereocenters. The molecule has 0 aliphatic heterocycles. The lowest BCUT2D eigenvalue weighted by Crippen LogP contribution is -2.20. The Morgan fingerprint density at radius 2 is 1.79 bits per heavy atom. The lowest BCUT2D eigenvalue weighted by Gasteiger charge is -2.10. The van der Waals surface area contributed by atoms with E-state index in [1.54, 1.807) is 6.07 Å². The number of anilines is 2. The zero-order valence-corrected chi connectivity index (χ0v) is 16.2. The van der Waals surface area contributed by atoms with Gasteiger partial charge in [-0.2, -0.15) is 0 Å². The Bertz CT molecular complexity index is 1110. The van der Waals surface area contributed by atoms with E-state index >= 15 is 0 Å². The Kier molecular flexibility index (Phi) is 6.25. The van der Waals surface area contributed by atoms with Gasteiger partial charge in [0.2, 0.25) is 5.95 Å². The van der Waals surface area contributed by atoms with Crippen molar-refractivity contribution in [2.75, 3.05) is 16.6 Å². The van der Waals surface area contributed by atoms with Gasteiger partial charge in [-0.3, -0.25) is 4.79 Å². The van der Waals surface area contributed by atoms with Crippen LogP contribution in [0.3, 0.4) is 0 Å². The number of nitrogens with one attached hydrogen (secondary N) is 2. The second-order valence-electron chi connectivity index (χ2n) is 5.61. The van der Waals surface area contributed by atoms with E-state index in [1.807, 2.05) is 0 Å². The second kappa shape index (κ2) is 8.84. The molecule has 0 fully saturated rings. The number of hydrogen-bond acceptors (Lipinski definition) is 6. The van der Waals surface area contributed by atoms with E-state index in [2.05, 4.69) is 20.0 Å². The number of benzene rings is 2. The molecule has 0 spiro atoms. The van der Waals surface area contributed by atoms with E-state index in [9.17, 15) is 17.6 Å². The molecule has 0 aliphatic carbocycles. The molecule has 29 heavy (non-hydrogen) atoms. The molecule has 0 atom stereocenters. The van der Waals surface area contributed by atoms with E-state index in [0.717, 1.165) is 12.1 Å². The molecule has 150 valence electrons. The number of ether oxygens (including phenoxy) is 1. The van der Waals surface area contributed by atoms with Gasteiger partial charge in [-0.1, -0.05) is 11.6 Å². The molecular weight excluding hydrogens is 423 g/mol. The van der Waals surface area contributed by atoms with Crippen molar-refractivity contribution in [3.63, 3.8) is 0 Å². The number of amides is 1. The Morgan fingerprint density at radius 1 is 1.10 bits per heavy atom. The summed E-state index contributed by atoms with van der Waals surface area (Å²) >= 11 is 5.82. The van der Waals surface area contributed by atoms with Gasteiger partial charge in [-0.25, -0.2) is 27.5 Å². The van der Waals surface area contributed by atoms with Crippen LogP contribution in [0.1, 0.15) is 0 Å². The van der Waals surface area contributed by atoms with Gasteiger partial charge >= 0.3 is 0 Å². The number of rotatable bonds is 7. The van der Waals surface area contributed by atoms with Crippen LogP contribution in [0, 0.1) is 5.82 Å². The zero-order valence-electron chi connectivity index (χ0n) is 14.7. The summed E-state index contributed by atoms with van der Waals surface area (Å²) in [4.78, 5) is 19.6. The van der Waals surface area contributed by atoms with Gasteiger partial charge in [-0.15, -0.1) is 0 Å². The maximum atomic E-state index is 13.0. The average molecular weight is 437 g/mol. The number of aromatic nitrogens is 2. The Labute approximate surface area is 170 Å². The maximum absolute atomic E-state index is 13.0. The van der Waals surface area contributed by atoms with Gasteiger partial charge in [0.25, 0.3) is 15.9 Å². The second-order valence-corrected chi connectivity index (χ2v) is 7.70. The molecule has 0 bridgehead atoms. The Balaban J connectivity index is 1.59. The summed E-state index contributed by atoms with van der Waals surface area (Å²) in [5, 5.41) is 2.59. The minimum atomic E-state index is -3.87. The summed E-state index contributed by atoms with van der Waals surface area (Å²) in [6, 6.07) is 10.6. The Morgan fingerprint density at radius 3 is 2.45 bits per heavy atom. The molecule has 3 rings (SSSR count). The lowest BCUT2D eigenvalue weighted by molar-refractivity contribution is -0.118. The smallest absolute Gasteiger partial charge is 0.264 e. The molecule has 0 aliphatic rings. The largest absolute Gasteiger partial charge is 0.482 e. The van der Waals surface area contributed by atoms with Crippen molar-refractivity contribution in [1.82, 2.24) is 9.97 Å². The van der Waals surface area contributed by atoms with Crippen LogP contribution in [0.5, 0.6) is 5.75 Å². The normalized spacial score (nSPS) is 11.0. The van der Waals surface area contributed by atoms with Crippen LogP contribution >= 0.6 is 11.6 Å². The maximum Gasteiger partial charge on any atom is 0.264 e. The number of nitrogens with zero attached hydrogens (tertiary/aromatic N) is 2. The summed E-state index contributed by atoms with van der Waals surface area (Å²) in [6.07, 6.45) is 2.81. The first kappa shape index (κ1) is 20.5. The first-order valence-corrected chi connectivity index (χ1v) is 9.97. The molecule has 2 N–H and O–H groups in total. The van der Waals surface area contributed by atoms with E-state index in [0.29, 0.717) is 5.69 Å². The van der Waals surface area contributed by atoms with Crippen molar-refractivity contribution in [3.8, 4) is 5.75 Å². The van der Waals surface area contributed by atoms with Crippen molar-refractivity contribution >= 4 is 39.2 Å². The Hall–Kier alpha value is -3.24. The fraction of sp³-hybridized carbons (Fsp3) is 0.0556. The molecule has 2 aromatic carbocycles. The lowest BCUT2D eigenvalue weighted by atomic mass is 10.3. The van der Waals surface area contributed by atoms with Crippen LogP contribution < -0.4 is 14.8 Å². The predicted octanol–water partition coefficient (Wildman–Crippen LogP) is 3.09. The SMILES string of the molecule is O=C(COc1ccc(F)cc1Cl)Nc1ccc(S(=O)(=O)Nc2ncccn2)cc1. The molecule has 3 aromatic rings. The van der Waals surface area contributed by atoms with Crippen LogP contribution in [0.25, 0.3) is 0 Å². The highest BCUT2D eigenvalue weighted by Crippen LogP contribution is 2.24. The van der Waals surface area contributed by atoms with Crippen LogP contribution in [0.15, 0.2) is 65.8 Å². The van der Waals surface area contributed by atoms with Gasteiger partial charge in [0, 0.05) is 18.1 Å². The summed E-state index contributed by atoms with van der Waals surface area (Å²) in [5.41, 5.74) is 0.360. The monoisotopic (exact) mass is 436 g/mol. The number of hydrogen-bond donors (Lipinski definition) is 2. The summed E-state index contributed by atoms with van der Waals surface area (Å²) in [5.74, 6) is -0.910. The van der Waals surface area contributed by atoms with Crippen LogP contribution in [-0.2, 0) is 14.8 Å². The summed E-state index contributed by atoms with van der Waals surface area (Å²) in [6.45, 7) is -0.363. The minimum absolute atomic E-state index is 0.0303. The van der Waals surface area contributed by atoms with E-state index in [4.69, 9.17) is 16.3 Å². The molecule has 1 amide bonds. The fourth-order valence-corrected chi connectivity index (χ4v) is 3.36. The van der Waals surface area contributed by atoms with Crippen LogP contribution in [-0.4, -0.2) is 30.9 Å². The summed E-state index contributed by atoms with van der Waals surface area (Å²) in [7, 11) is -3.87. The number of sulfonamides is 1.